The summed E-state index contributed by atoms with van der Waals surface area (Å²) in [5.74, 6) is 0.0582. The fourth-order valence-corrected chi connectivity index (χ4v) is 2.81. The Morgan fingerprint density at radius 1 is 1.11 bits per heavy atom. The smallest absolute Gasteiger partial charge is 0.272 e. The van der Waals surface area contributed by atoms with Crippen molar-refractivity contribution in [1.82, 2.24) is 15.1 Å². The number of H-pyrrole nitrogens is 1. The molecule has 3 N–H and O–H groups in total. The molecule has 0 saturated heterocycles. The molecule has 0 aliphatic heterocycles. The first-order valence-electron chi connectivity index (χ1n) is 8.88. The van der Waals surface area contributed by atoms with Crippen molar-refractivity contribution in [2.24, 2.45) is 5.73 Å². The van der Waals surface area contributed by atoms with Crippen molar-refractivity contribution in [2.75, 3.05) is 13.7 Å². The molecule has 0 atom stereocenters. The standard InChI is InChI=1S/C21H22N4O3/c1-28-17-9-7-16(8-10-17)18-13-19(24-23-18)21(27)25(12-11-20(22)26)14-15-5-3-2-4-6-15/h2-10,13H,11-12,14H2,1H3,(H2,22,26)(H,23,24). The molecule has 28 heavy (non-hydrogen) atoms. The molecule has 1 heterocycles. The van der Waals surface area contributed by atoms with Gasteiger partial charge >= 0.3 is 0 Å². The van der Waals surface area contributed by atoms with Gasteiger partial charge in [-0.3, -0.25) is 14.7 Å². The lowest BCUT2D eigenvalue weighted by Gasteiger charge is -2.21. The topological polar surface area (TPSA) is 101 Å². The molecule has 3 aromatic rings. The third kappa shape index (κ3) is 4.76. The lowest BCUT2D eigenvalue weighted by molar-refractivity contribution is -0.118. The summed E-state index contributed by atoms with van der Waals surface area (Å²) in [5.41, 5.74) is 8.11. The number of methoxy groups -OCH3 is 1. The van der Waals surface area contributed by atoms with Crippen molar-refractivity contribution in [3.63, 3.8) is 0 Å². The number of hydrogen-bond donors (Lipinski definition) is 2. The van der Waals surface area contributed by atoms with Crippen LogP contribution in [-0.4, -0.2) is 40.6 Å². The minimum atomic E-state index is -0.450. The van der Waals surface area contributed by atoms with Crippen molar-refractivity contribution >= 4 is 11.8 Å². The predicted octanol–water partition coefficient (Wildman–Crippen LogP) is 2.60. The molecule has 0 spiro atoms. The van der Waals surface area contributed by atoms with Crippen LogP contribution < -0.4 is 10.5 Å². The average Bonchev–Trinajstić information content (AvgIpc) is 3.21. The Balaban J connectivity index is 1.79. The molecule has 0 aliphatic rings. The van der Waals surface area contributed by atoms with Gasteiger partial charge in [0.1, 0.15) is 11.4 Å². The minimum Gasteiger partial charge on any atom is -0.497 e. The number of amides is 2. The van der Waals surface area contributed by atoms with Crippen LogP contribution in [-0.2, 0) is 11.3 Å². The van der Waals surface area contributed by atoms with E-state index in [0.717, 1.165) is 16.9 Å². The summed E-state index contributed by atoms with van der Waals surface area (Å²) in [5, 5.41) is 7.04. The number of nitrogens with two attached hydrogens (primary N) is 1. The van der Waals surface area contributed by atoms with Crippen LogP contribution in [0.1, 0.15) is 22.5 Å². The highest BCUT2D eigenvalue weighted by atomic mass is 16.5. The van der Waals surface area contributed by atoms with Crippen molar-refractivity contribution in [3.8, 4) is 17.0 Å². The second-order valence-corrected chi connectivity index (χ2v) is 6.32. The monoisotopic (exact) mass is 378 g/mol. The number of nitrogens with zero attached hydrogens (tertiary/aromatic N) is 2. The molecule has 0 saturated carbocycles. The van der Waals surface area contributed by atoms with Gasteiger partial charge in [0.25, 0.3) is 5.91 Å². The zero-order valence-electron chi connectivity index (χ0n) is 15.6. The number of aromatic amines is 1. The molecule has 0 bridgehead atoms. The van der Waals surface area contributed by atoms with Crippen molar-refractivity contribution in [2.45, 2.75) is 13.0 Å². The number of benzene rings is 2. The van der Waals surface area contributed by atoms with E-state index >= 15 is 0 Å². The summed E-state index contributed by atoms with van der Waals surface area (Å²) >= 11 is 0. The Hall–Kier alpha value is -3.61. The van der Waals surface area contributed by atoms with Gasteiger partial charge in [0, 0.05) is 25.1 Å². The molecule has 7 heteroatoms. The largest absolute Gasteiger partial charge is 0.497 e. The van der Waals surface area contributed by atoms with Gasteiger partial charge in [-0.1, -0.05) is 30.3 Å². The van der Waals surface area contributed by atoms with E-state index in [-0.39, 0.29) is 18.9 Å². The zero-order valence-corrected chi connectivity index (χ0v) is 15.6. The summed E-state index contributed by atoms with van der Waals surface area (Å²) in [6.45, 7) is 0.615. The zero-order chi connectivity index (χ0) is 19.9. The van der Waals surface area contributed by atoms with Crippen LogP contribution in [0, 0.1) is 0 Å². The number of rotatable bonds is 8. The number of primary amides is 1. The second-order valence-electron chi connectivity index (χ2n) is 6.32. The molecular weight excluding hydrogens is 356 g/mol. The van der Waals surface area contributed by atoms with Gasteiger partial charge in [0.2, 0.25) is 5.91 Å². The van der Waals surface area contributed by atoms with E-state index in [1.807, 2.05) is 54.6 Å². The van der Waals surface area contributed by atoms with E-state index in [0.29, 0.717) is 17.9 Å². The van der Waals surface area contributed by atoms with E-state index in [1.165, 1.54) is 0 Å². The van der Waals surface area contributed by atoms with E-state index in [2.05, 4.69) is 10.2 Å². The van der Waals surface area contributed by atoms with Crippen molar-refractivity contribution in [1.29, 1.82) is 0 Å². The Labute approximate surface area is 163 Å². The summed E-state index contributed by atoms with van der Waals surface area (Å²) < 4.78 is 5.16. The van der Waals surface area contributed by atoms with Gasteiger partial charge in [-0.15, -0.1) is 0 Å². The van der Waals surface area contributed by atoms with Crippen LogP contribution >= 0.6 is 0 Å². The van der Waals surface area contributed by atoms with Gasteiger partial charge in [0.15, 0.2) is 0 Å². The minimum absolute atomic E-state index is 0.0953. The van der Waals surface area contributed by atoms with Crippen molar-refractivity contribution < 1.29 is 14.3 Å². The number of carbonyl (C=O) groups excluding carboxylic acids is 2. The maximum Gasteiger partial charge on any atom is 0.272 e. The highest BCUT2D eigenvalue weighted by Gasteiger charge is 2.19. The van der Waals surface area contributed by atoms with Gasteiger partial charge in [-0.05, 0) is 35.9 Å². The van der Waals surface area contributed by atoms with Crippen LogP contribution in [0.2, 0.25) is 0 Å². The fraction of sp³-hybridized carbons (Fsp3) is 0.190. The van der Waals surface area contributed by atoms with Crippen LogP contribution in [0.15, 0.2) is 60.7 Å². The molecule has 0 aliphatic carbocycles. The number of ether oxygens (including phenoxy) is 1. The Bertz CT molecular complexity index is 936. The molecular formula is C21H22N4O3. The van der Waals surface area contributed by atoms with E-state index in [1.54, 1.807) is 18.1 Å². The van der Waals surface area contributed by atoms with Crippen molar-refractivity contribution in [3.05, 3.63) is 71.9 Å². The summed E-state index contributed by atoms with van der Waals surface area (Å²) in [6, 6.07) is 18.7. The van der Waals surface area contributed by atoms with Crippen LogP contribution in [0.3, 0.4) is 0 Å². The molecule has 0 fully saturated rings. The quantitative estimate of drug-likeness (QED) is 0.629. The number of carbonyl (C=O) groups is 2. The van der Waals surface area contributed by atoms with Gasteiger partial charge in [-0.2, -0.15) is 5.10 Å². The van der Waals surface area contributed by atoms with Crippen LogP contribution in [0.25, 0.3) is 11.3 Å². The maximum absolute atomic E-state index is 13.0. The lowest BCUT2D eigenvalue weighted by atomic mass is 10.1. The number of aromatic nitrogens is 2. The summed E-state index contributed by atoms with van der Waals surface area (Å²) in [6.07, 6.45) is 0.0953. The average molecular weight is 378 g/mol. The highest BCUT2D eigenvalue weighted by molar-refractivity contribution is 5.93. The summed E-state index contributed by atoms with van der Waals surface area (Å²) in [4.78, 5) is 25.8. The van der Waals surface area contributed by atoms with Gasteiger partial charge < -0.3 is 15.4 Å². The first kappa shape index (κ1) is 19.2. The lowest BCUT2D eigenvalue weighted by Crippen LogP contribution is -2.33. The van der Waals surface area contributed by atoms with Gasteiger partial charge in [0.05, 0.1) is 12.8 Å². The molecule has 3 rings (SSSR count). The number of hydrogen-bond acceptors (Lipinski definition) is 4. The first-order chi connectivity index (χ1) is 13.6. The third-order valence-electron chi connectivity index (χ3n) is 4.33. The van der Waals surface area contributed by atoms with Crippen LogP contribution in [0.5, 0.6) is 5.75 Å². The highest BCUT2D eigenvalue weighted by Crippen LogP contribution is 2.22. The van der Waals surface area contributed by atoms with Gasteiger partial charge in [-0.25, -0.2) is 0 Å². The Morgan fingerprint density at radius 3 is 2.46 bits per heavy atom. The predicted molar refractivity (Wildman–Crippen MR) is 106 cm³/mol. The number of nitrogens with one attached hydrogen (secondary N) is 1. The molecule has 2 amide bonds. The first-order valence-corrected chi connectivity index (χ1v) is 8.88. The van der Waals surface area contributed by atoms with Crippen LogP contribution in [0.4, 0.5) is 0 Å². The molecule has 7 nitrogen and oxygen atoms in total. The molecule has 1 aromatic heterocycles. The SMILES string of the molecule is COc1ccc(-c2cc(C(=O)N(CCC(N)=O)Cc3ccccc3)[nH]n2)cc1. The maximum atomic E-state index is 13.0. The molecule has 2 aromatic carbocycles. The van der Waals surface area contributed by atoms with E-state index < -0.39 is 5.91 Å². The fourth-order valence-electron chi connectivity index (χ4n) is 2.81. The molecule has 0 unspecified atom stereocenters. The third-order valence-corrected chi connectivity index (χ3v) is 4.33. The Morgan fingerprint density at radius 2 is 1.82 bits per heavy atom. The molecule has 0 radical (unpaired) electrons. The second kappa shape index (κ2) is 8.85. The normalized spacial score (nSPS) is 10.5. The Kier molecular flexibility index (Phi) is 6.06. The van der Waals surface area contributed by atoms with E-state index in [9.17, 15) is 9.59 Å². The molecule has 144 valence electrons. The summed E-state index contributed by atoms with van der Waals surface area (Å²) in [7, 11) is 1.60. The van der Waals surface area contributed by atoms with E-state index in [4.69, 9.17) is 10.5 Å².